The van der Waals surface area contributed by atoms with Gasteiger partial charge in [0, 0.05) is 24.1 Å². The maximum Gasteiger partial charge on any atom is 0.230 e. The molecule has 158 valence electrons. The zero-order valence-corrected chi connectivity index (χ0v) is 17.3. The molecule has 7 rings (SSSR count). The second-order valence-electron chi connectivity index (χ2n) is 9.44. The van der Waals surface area contributed by atoms with Gasteiger partial charge in [0.05, 0.1) is 5.41 Å². The largest absolute Gasteiger partial charge is 0.439 e. The fraction of sp³-hybridized carbons (Fsp3) is 0.417. The number of ether oxygens (including phenoxy) is 1. The quantitative estimate of drug-likeness (QED) is 0.658. The standard InChI is InChI=1S/C24H25N5O2/c30-23(24-12-16-8-17(13-24)10-18(9-16)14-24)28-19-2-4-20(5-3-19)31-22-11-21(25-15-26-22)29-7-1-6-27-29/h1-7,11,15-18H,8-10,12-14H2,(H,28,30). The second-order valence-corrected chi connectivity index (χ2v) is 9.44. The number of nitrogens with one attached hydrogen (secondary N) is 1. The summed E-state index contributed by atoms with van der Waals surface area (Å²) in [6, 6.07) is 11.1. The van der Waals surface area contributed by atoms with Gasteiger partial charge in [-0.2, -0.15) is 5.10 Å². The normalized spacial score (nSPS) is 28.5. The van der Waals surface area contributed by atoms with Crippen molar-refractivity contribution in [2.75, 3.05) is 5.32 Å². The molecular weight excluding hydrogens is 390 g/mol. The van der Waals surface area contributed by atoms with E-state index in [-0.39, 0.29) is 11.3 Å². The zero-order valence-electron chi connectivity index (χ0n) is 17.3. The van der Waals surface area contributed by atoms with Crippen molar-refractivity contribution in [2.24, 2.45) is 23.2 Å². The highest BCUT2D eigenvalue weighted by Crippen LogP contribution is 2.60. The van der Waals surface area contributed by atoms with Crippen LogP contribution in [-0.2, 0) is 4.79 Å². The average Bonchev–Trinajstić information content (AvgIpc) is 3.29. The van der Waals surface area contributed by atoms with Crippen LogP contribution in [0.4, 0.5) is 5.69 Å². The van der Waals surface area contributed by atoms with E-state index in [0.29, 0.717) is 17.4 Å². The van der Waals surface area contributed by atoms with Crippen LogP contribution in [0.3, 0.4) is 0 Å². The lowest BCUT2D eigenvalue weighted by molar-refractivity contribution is -0.140. The summed E-state index contributed by atoms with van der Waals surface area (Å²) in [4.78, 5) is 21.6. The van der Waals surface area contributed by atoms with Crippen LogP contribution >= 0.6 is 0 Å². The summed E-state index contributed by atoms with van der Waals surface area (Å²) in [5, 5.41) is 7.36. The van der Waals surface area contributed by atoms with E-state index in [1.165, 1.54) is 25.6 Å². The van der Waals surface area contributed by atoms with Gasteiger partial charge < -0.3 is 10.1 Å². The molecule has 2 heterocycles. The van der Waals surface area contributed by atoms with Gasteiger partial charge >= 0.3 is 0 Å². The first-order valence-corrected chi connectivity index (χ1v) is 11.1. The summed E-state index contributed by atoms with van der Waals surface area (Å²) in [6.45, 7) is 0. The molecule has 1 aromatic carbocycles. The lowest BCUT2D eigenvalue weighted by atomic mass is 9.49. The smallest absolute Gasteiger partial charge is 0.230 e. The molecule has 3 aromatic rings. The number of hydrogen-bond donors (Lipinski definition) is 1. The maximum absolute atomic E-state index is 13.2. The molecule has 4 aliphatic carbocycles. The minimum absolute atomic E-state index is 0.145. The summed E-state index contributed by atoms with van der Waals surface area (Å²) >= 11 is 0. The van der Waals surface area contributed by atoms with Crippen LogP contribution in [0.2, 0.25) is 0 Å². The van der Waals surface area contributed by atoms with Crippen molar-refractivity contribution in [2.45, 2.75) is 38.5 Å². The molecule has 4 aliphatic rings. The van der Waals surface area contributed by atoms with Crippen LogP contribution in [0.5, 0.6) is 11.6 Å². The number of hydrogen-bond acceptors (Lipinski definition) is 5. The van der Waals surface area contributed by atoms with E-state index >= 15 is 0 Å². The fourth-order valence-corrected chi connectivity index (χ4v) is 6.29. The first kappa shape index (κ1) is 18.5. The summed E-state index contributed by atoms with van der Waals surface area (Å²) in [5.74, 6) is 4.20. The Morgan fingerprint density at radius 1 is 1.03 bits per heavy atom. The van der Waals surface area contributed by atoms with Crippen molar-refractivity contribution in [1.29, 1.82) is 0 Å². The molecule has 0 aliphatic heterocycles. The van der Waals surface area contributed by atoms with Crippen molar-refractivity contribution in [3.8, 4) is 17.4 Å². The molecular formula is C24H25N5O2. The average molecular weight is 415 g/mol. The Bertz CT molecular complexity index is 1060. The third-order valence-electron chi connectivity index (χ3n) is 7.22. The third kappa shape index (κ3) is 3.48. The minimum Gasteiger partial charge on any atom is -0.439 e. The number of anilines is 1. The summed E-state index contributed by atoms with van der Waals surface area (Å²) in [5.41, 5.74) is 0.668. The van der Waals surface area contributed by atoms with E-state index in [9.17, 15) is 4.79 Å². The lowest BCUT2D eigenvalue weighted by Crippen LogP contribution is -2.51. The molecule has 7 nitrogen and oxygen atoms in total. The van der Waals surface area contributed by atoms with Crippen molar-refractivity contribution in [3.63, 3.8) is 0 Å². The van der Waals surface area contributed by atoms with Gasteiger partial charge in [0.1, 0.15) is 12.1 Å². The molecule has 2 aromatic heterocycles. The molecule has 0 radical (unpaired) electrons. The number of carbonyl (C=O) groups excluding carboxylic acids is 1. The van der Waals surface area contributed by atoms with Crippen LogP contribution < -0.4 is 10.1 Å². The molecule has 31 heavy (non-hydrogen) atoms. The van der Waals surface area contributed by atoms with Gasteiger partial charge in [-0.3, -0.25) is 4.79 Å². The van der Waals surface area contributed by atoms with Gasteiger partial charge in [-0.25, -0.2) is 14.6 Å². The summed E-state index contributed by atoms with van der Waals surface area (Å²) < 4.78 is 7.52. The van der Waals surface area contributed by atoms with Gasteiger partial charge in [-0.15, -0.1) is 0 Å². The predicted molar refractivity (Wildman–Crippen MR) is 115 cm³/mol. The topological polar surface area (TPSA) is 81.9 Å². The summed E-state index contributed by atoms with van der Waals surface area (Å²) in [6.07, 6.45) is 12.2. The zero-order chi connectivity index (χ0) is 20.8. The van der Waals surface area contributed by atoms with Gasteiger partial charge in [0.2, 0.25) is 11.8 Å². The molecule has 0 atom stereocenters. The second kappa shape index (κ2) is 7.18. The molecule has 7 heteroatoms. The Morgan fingerprint density at radius 3 is 2.39 bits per heavy atom. The molecule has 4 saturated carbocycles. The number of carbonyl (C=O) groups is 1. The summed E-state index contributed by atoms with van der Waals surface area (Å²) in [7, 11) is 0. The van der Waals surface area contributed by atoms with Gasteiger partial charge in [0.15, 0.2) is 5.82 Å². The number of aromatic nitrogens is 4. The van der Waals surface area contributed by atoms with Crippen LogP contribution in [0.15, 0.2) is 55.1 Å². The molecule has 0 spiro atoms. The molecule has 0 saturated heterocycles. The van der Waals surface area contributed by atoms with Gasteiger partial charge in [0.25, 0.3) is 0 Å². The van der Waals surface area contributed by atoms with E-state index in [1.54, 1.807) is 16.9 Å². The predicted octanol–water partition coefficient (Wildman–Crippen LogP) is 4.61. The number of rotatable bonds is 5. The van der Waals surface area contributed by atoms with E-state index in [2.05, 4.69) is 20.4 Å². The van der Waals surface area contributed by atoms with E-state index in [1.807, 2.05) is 36.5 Å². The van der Waals surface area contributed by atoms with E-state index < -0.39 is 0 Å². The Balaban J connectivity index is 1.13. The molecule has 1 amide bonds. The van der Waals surface area contributed by atoms with E-state index in [4.69, 9.17) is 4.74 Å². The van der Waals surface area contributed by atoms with E-state index in [0.717, 1.165) is 42.7 Å². The fourth-order valence-electron chi connectivity index (χ4n) is 6.29. The maximum atomic E-state index is 13.2. The third-order valence-corrected chi connectivity index (χ3v) is 7.22. The Kier molecular flexibility index (Phi) is 4.30. The van der Waals surface area contributed by atoms with Crippen LogP contribution in [0.25, 0.3) is 5.82 Å². The molecule has 1 N–H and O–H groups in total. The van der Waals surface area contributed by atoms with Crippen LogP contribution in [0, 0.1) is 23.2 Å². The van der Waals surface area contributed by atoms with Gasteiger partial charge in [-0.05, 0) is 86.6 Å². The van der Waals surface area contributed by atoms with Crippen LogP contribution in [0.1, 0.15) is 38.5 Å². The van der Waals surface area contributed by atoms with Gasteiger partial charge in [-0.1, -0.05) is 0 Å². The number of benzene rings is 1. The number of amides is 1. The highest BCUT2D eigenvalue weighted by atomic mass is 16.5. The van der Waals surface area contributed by atoms with Crippen molar-refractivity contribution in [3.05, 3.63) is 55.1 Å². The lowest BCUT2D eigenvalue weighted by Gasteiger charge is -2.55. The highest BCUT2D eigenvalue weighted by Gasteiger charge is 2.54. The first-order chi connectivity index (χ1) is 15.1. The van der Waals surface area contributed by atoms with Crippen molar-refractivity contribution >= 4 is 11.6 Å². The highest BCUT2D eigenvalue weighted by molar-refractivity contribution is 5.95. The number of nitrogens with zero attached hydrogens (tertiary/aromatic N) is 4. The molecule has 0 unspecified atom stereocenters. The Morgan fingerprint density at radius 2 is 1.74 bits per heavy atom. The SMILES string of the molecule is O=C(Nc1ccc(Oc2cc(-n3cccn3)ncn2)cc1)C12CC3CC(CC(C3)C1)C2. The minimum atomic E-state index is -0.145. The van der Waals surface area contributed by atoms with Crippen molar-refractivity contribution < 1.29 is 9.53 Å². The Hall–Kier alpha value is -3.22. The van der Waals surface area contributed by atoms with Crippen molar-refractivity contribution in [1.82, 2.24) is 19.7 Å². The molecule has 4 fully saturated rings. The van der Waals surface area contributed by atoms with Crippen LogP contribution in [-0.4, -0.2) is 25.7 Å². The monoisotopic (exact) mass is 415 g/mol. The first-order valence-electron chi connectivity index (χ1n) is 11.1. The Labute approximate surface area is 180 Å². The molecule has 4 bridgehead atoms.